The van der Waals surface area contributed by atoms with Gasteiger partial charge in [-0.15, -0.1) is 0 Å². The van der Waals surface area contributed by atoms with Crippen LogP contribution in [0.4, 0.5) is 0 Å². The van der Waals surface area contributed by atoms with E-state index in [9.17, 15) is 19.5 Å². The molecule has 548 valence electrons. The number of carbonyl (C=O) groups is 3. The molecule has 1 N–H and O–H groups in total. The zero-order valence-corrected chi connectivity index (χ0v) is 62.8. The van der Waals surface area contributed by atoms with Crippen molar-refractivity contribution in [2.75, 3.05) is 47.5 Å². The first-order valence-electron chi connectivity index (χ1n) is 40.1. The number of aliphatic carboxylic acids is 1. The van der Waals surface area contributed by atoms with Crippen molar-refractivity contribution < 1.29 is 42.9 Å². The third-order valence-corrected chi connectivity index (χ3v) is 17.5. The molecular formula is C86H152NO8+. The van der Waals surface area contributed by atoms with E-state index in [0.29, 0.717) is 23.9 Å². The molecule has 2 atom stereocenters. The van der Waals surface area contributed by atoms with Crippen LogP contribution in [0.5, 0.6) is 0 Å². The normalized spacial score (nSPS) is 13.2. The average Bonchev–Trinajstić information content (AvgIpc) is 2.92. The molecule has 0 aromatic heterocycles. The van der Waals surface area contributed by atoms with Crippen LogP contribution in [0, 0.1) is 0 Å². The second-order valence-electron chi connectivity index (χ2n) is 28.0. The Labute approximate surface area is 587 Å². The van der Waals surface area contributed by atoms with E-state index in [2.05, 4.69) is 123 Å². The molecule has 0 saturated heterocycles. The molecule has 0 spiro atoms. The van der Waals surface area contributed by atoms with Gasteiger partial charge in [0, 0.05) is 12.8 Å². The lowest BCUT2D eigenvalue weighted by atomic mass is 10.0. The lowest BCUT2D eigenvalue weighted by molar-refractivity contribution is -0.870. The number of esters is 2. The van der Waals surface area contributed by atoms with Gasteiger partial charge in [-0.2, -0.15) is 0 Å². The number of ether oxygens (including phenoxy) is 4. The van der Waals surface area contributed by atoms with Crippen molar-refractivity contribution in [2.24, 2.45) is 0 Å². The largest absolute Gasteiger partial charge is 0.477 e. The Bertz CT molecular complexity index is 1930. The molecule has 0 radical (unpaired) electrons. The fourth-order valence-electron chi connectivity index (χ4n) is 11.5. The summed E-state index contributed by atoms with van der Waals surface area (Å²) >= 11 is 0. The quantitative estimate of drug-likeness (QED) is 0.0211. The van der Waals surface area contributed by atoms with Crippen LogP contribution in [0.2, 0.25) is 0 Å². The van der Waals surface area contributed by atoms with E-state index in [1.165, 1.54) is 225 Å². The second kappa shape index (κ2) is 75.7. The van der Waals surface area contributed by atoms with Crippen molar-refractivity contribution in [3.63, 3.8) is 0 Å². The Morgan fingerprint density at radius 3 is 0.895 bits per heavy atom. The third kappa shape index (κ3) is 77.2. The highest BCUT2D eigenvalue weighted by atomic mass is 16.7. The molecule has 0 aliphatic rings. The van der Waals surface area contributed by atoms with Crippen molar-refractivity contribution in [1.29, 1.82) is 0 Å². The van der Waals surface area contributed by atoms with Gasteiger partial charge in [-0.25, -0.2) is 4.79 Å². The number of quaternary nitrogens is 1. The van der Waals surface area contributed by atoms with Crippen molar-refractivity contribution in [3.8, 4) is 0 Å². The first-order valence-corrected chi connectivity index (χ1v) is 40.1. The molecule has 0 heterocycles. The van der Waals surface area contributed by atoms with Gasteiger partial charge in [0.05, 0.1) is 34.4 Å². The molecule has 9 nitrogen and oxygen atoms in total. The first kappa shape index (κ1) is 91.0. The molecule has 0 saturated carbocycles. The van der Waals surface area contributed by atoms with Gasteiger partial charge in [0.15, 0.2) is 6.10 Å². The zero-order valence-electron chi connectivity index (χ0n) is 62.8. The minimum absolute atomic E-state index is 0.183. The summed E-state index contributed by atoms with van der Waals surface area (Å²) in [6, 6.07) is 0. The molecule has 0 fully saturated rings. The predicted octanol–water partition coefficient (Wildman–Crippen LogP) is 25.7. The number of rotatable bonds is 74. The van der Waals surface area contributed by atoms with Crippen molar-refractivity contribution in [2.45, 2.75) is 373 Å². The van der Waals surface area contributed by atoms with E-state index in [4.69, 9.17) is 18.9 Å². The Balaban J connectivity index is 4.06. The van der Waals surface area contributed by atoms with E-state index in [-0.39, 0.29) is 32.2 Å². The van der Waals surface area contributed by atoms with Crippen LogP contribution in [0.25, 0.3) is 0 Å². The number of carboxylic acid groups (broad SMARTS) is 1. The Morgan fingerprint density at radius 2 is 0.600 bits per heavy atom. The van der Waals surface area contributed by atoms with Gasteiger partial charge in [0.2, 0.25) is 0 Å². The molecule has 0 aliphatic carbocycles. The summed E-state index contributed by atoms with van der Waals surface area (Å²) in [5.41, 5.74) is 0. The van der Waals surface area contributed by atoms with E-state index < -0.39 is 24.3 Å². The number of hydrogen-bond acceptors (Lipinski definition) is 7. The highest BCUT2D eigenvalue weighted by molar-refractivity contribution is 5.71. The molecule has 95 heavy (non-hydrogen) atoms. The molecule has 2 unspecified atom stereocenters. The number of unbranched alkanes of at least 4 members (excludes halogenated alkanes) is 41. The SMILES string of the molecule is CC/C=C\C/C=C\C/C=C\C/C=C\C/C=C\C/C=C\C/C=C\C/C=C\C/C=C\CCCCCCCCCCCCCC(=O)OC(COC(=O)CCCCCCCCCCCCCCCCCCCCCCCCCCCCCCCCC)COC(OCC[N+](C)(C)C)C(=O)O. The topological polar surface area (TPSA) is 108 Å². The van der Waals surface area contributed by atoms with Gasteiger partial charge >= 0.3 is 17.9 Å². The summed E-state index contributed by atoms with van der Waals surface area (Å²) in [6.45, 7) is 4.81. The van der Waals surface area contributed by atoms with Crippen molar-refractivity contribution in [3.05, 3.63) is 109 Å². The monoisotopic (exact) mass is 1330 g/mol. The Kier molecular flexibility index (Phi) is 72.5. The van der Waals surface area contributed by atoms with Crippen LogP contribution in [0.15, 0.2) is 109 Å². The minimum atomic E-state index is -1.52. The maximum Gasteiger partial charge on any atom is 0.361 e. The molecular weight excluding hydrogens is 1170 g/mol. The van der Waals surface area contributed by atoms with Gasteiger partial charge < -0.3 is 28.5 Å². The first-order chi connectivity index (χ1) is 46.6. The van der Waals surface area contributed by atoms with Crippen LogP contribution in [-0.4, -0.2) is 87.4 Å². The fourth-order valence-corrected chi connectivity index (χ4v) is 11.5. The highest BCUT2D eigenvalue weighted by Crippen LogP contribution is 2.19. The van der Waals surface area contributed by atoms with Crippen molar-refractivity contribution >= 4 is 17.9 Å². The average molecular weight is 1330 g/mol. The van der Waals surface area contributed by atoms with Crippen molar-refractivity contribution in [1.82, 2.24) is 0 Å². The lowest BCUT2D eigenvalue weighted by Gasteiger charge is -2.25. The summed E-state index contributed by atoms with van der Waals surface area (Å²) in [5.74, 6) is -1.99. The van der Waals surface area contributed by atoms with E-state index in [0.717, 1.165) is 103 Å². The number of likely N-dealkylation sites (N-methyl/N-ethyl adjacent to an activating group) is 1. The molecule has 0 bridgehead atoms. The highest BCUT2D eigenvalue weighted by Gasteiger charge is 2.25. The molecule has 0 aromatic carbocycles. The summed E-state index contributed by atoms with van der Waals surface area (Å²) in [5, 5.41) is 9.77. The standard InChI is InChI=1S/C86H151NO8/c1-6-8-10-12-14-16-18-20-22-24-26-28-30-32-34-36-38-39-40-41-42-43-44-45-47-49-51-53-55-57-59-61-63-65-67-69-71-73-75-77-84(89)95-82(81-94-86(85(90)91)92-79-78-87(3,4)5)80-93-83(88)76-74-72-70-68-66-64-62-60-58-56-54-52-50-48-46-37-35-33-31-29-27-25-23-21-19-17-15-13-11-9-7-2/h8,10,14,16,20,22,26,28,32,34,38-39,41-42,44-45,49,51,82,86H,6-7,9,11-13,15,17-19,21,23-25,27,29-31,33,35-37,40,43,46-48,50,52-81H2,1-5H3/p+1/b10-8-,16-14-,22-20-,28-26-,34-32-,39-38-,42-41-,45-44-,51-49-. The zero-order chi connectivity index (χ0) is 69.0. The summed E-state index contributed by atoms with van der Waals surface area (Å²) in [6.07, 6.45) is 104. The number of carboxylic acids is 1. The van der Waals surface area contributed by atoms with Crippen LogP contribution < -0.4 is 0 Å². The lowest BCUT2D eigenvalue weighted by Crippen LogP contribution is -2.40. The minimum Gasteiger partial charge on any atom is -0.477 e. The molecule has 0 aliphatic heterocycles. The van der Waals surface area contributed by atoms with Crippen LogP contribution >= 0.6 is 0 Å². The second-order valence-corrected chi connectivity index (χ2v) is 28.0. The van der Waals surface area contributed by atoms with E-state index in [1.54, 1.807) is 0 Å². The van der Waals surface area contributed by atoms with Crippen LogP contribution in [0.1, 0.15) is 361 Å². The Hall–Kier alpha value is -4.05. The number of allylic oxidation sites excluding steroid dienone is 18. The van der Waals surface area contributed by atoms with Crippen LogP contribution in [0.3, 0.4) is 0 Å². The maximum absolute atomic E-state index is 13.0. The summed E-state index contributed by atoms with van der Waals surface area (Å²) in [4.78, 5) is 37.7. The molecule has 0 amide bonds. The van der Waals surface area contributed by atoms with Gasteiger partial charge in [0.1, 0.15) is 13.2 Å². The van der Waals surface area contributed by atoms with Gasteiger partial charge in [-0.1, -0.05) is 374 Å². The smallest absolute Gasteiger partial charge is 0.361 e. The van der Waals surface area contributed by atoms with Gasteiger partial charge in [-0.3, -0.25) is 9.59 Å². The maximum atomic E-state index is 13.0. The van der Waals surface area contributed by atoms with Gasteiger partial charge in [0.25, 0.3) is 6.29 Å². The predicted molar refractivity (Wildman–Crippen MR) is 410 cm³/mol. The number of carbonyl (C=O) groups excluding carboxylic acids is 2. The Morgan fingerprint density at radius 1 is 0.326 bits per heavy atom. The molecule has 9 heteroatoms. The van der Waals surface area contributed by atoms with E-state index in [1.807, 2.05) is 21.1 Å². The number of hydrogen-bond donors (Lipinski definition) is 1. The van der Waals surface area contributed by atoms with Crippen LogP contribution in [-0.2, 0) is 33.3 Å². The summed E-state index contributed by atoms with van der Waals surface area (Å²) in [7, 11) is 5.99. The number of nitrogens with zero attached hydrogens (tertiary/aromatic N) is 1. The molecule has 0 aromatic rings. The molecule has 0 rings (SSSR count). The van der Waals surface area contributed by atoms with E-state index >= 15 is 0 Å². The van der Waals surface area contributed by atoms with Gasteiger partial charge in [-0.05, 0) is 83.5 Å². The third-order valence-electron chi connectivity index (χ3n) is 17.5. The summed E-state index contributed by atoms with van der Waals surface area (Å²) < 4.78 is 23.0. The fraction of sp³-hybridized carbons (Fsp3) is 0.756.